The van der Waals surface area contributed by atoms with Crippen LogP contribution in [0.2, 0.25) is 5.02 Å². The molecule has 2 N–H and O–H groups in total. The number of nitrogens with one attached hydrogen (secondary N) is 2. The standard InChI is InChI=1S/C17H13ClF2N2O2/c1-9-12(3-2-4-15(9)24-17(19)20)22-16(23)14-7-10-5-6-11(18)8-13(10)21-14/h2-8,17,21H,1H3,(H,22,23). The largest absolute Gasteiger partial charge is 0.434 e. The highest BCUT2D eigenvalue weighted by Gasteiger charge is 2.14. The van der Waals surface area contributed by atoms with Crippen molar-refractivity contribution in [3.63, 3.8) is 0 Å². The number of fused-ring (bicyclic) bond motifs is 1. The third kappa shape index (κ3) is 3.33. The molecule has 0 atom stereocenters. The highest BCUT2D eigenvalue weighted by atomic mass is 35.5. The lowest BCUT2D eigenvalue weighted by Crippen LogP contribution is -2.13. The van der Waals surface area contributed by atoms with Crippen molar-refractivity contribution in [1.29, 1.82) is 0 Å². The van der Waals surface area contributed by atoms with E-state index in [-0.39, 0.29) is 11.7 Å². The number of alkyl halides is 2. The molecule has 2 aromatic carbocycles. The number of amides is 1. The summed E-state index contributed by atoms with van der Waals surface area (Å²) in [6, 6.07) is 11.5. The van der Waals surface area contributed by atoms with E-state index in [1.54, 1.807) is 37.3 Å². The van der Waals surface area contributed by atoms with Gasteiger partial charge < -0.3 is 15.0 Å². The van der Waals surface area contributed by atoms with Crippen molar-refractivity contribution in [3.8, 4) is 5.75 Å². The Morgan fingerprint density at radius 3 is 2.79 bits per heavy atom. The van der Waals surface area contributed by atoms with Crippen molar-refractivity contribution < 1.29 is 18.3 Å². The predicted octanol–water partition coefficient (Wildman–Crippen LogP) is 4.98. The number of carbonyl (C=O) groups excluding carboxylic acids is 1. The number of carbonyl (C=O) groups is 1. The minimum Gasteiger partial charge on any atom is -0.434 e. The van der Waals surface area contributed by atoms with Gasteiger partial charge in [0.2, 0.25) is 0 Å². The number of rotatable bonds is 4. The van der Waals surface area contributed by atoms with E-state index in [1.165, 1.54) is 12.1 Å². The summed E-state index contributed by atoms with van der Waals surface area (Å²) in [6.07, 6.45) is 0. The molecule has 0 bridgehead atoms. The van der Waals surface area contributed by atoms with Gasteiger partial charge in [-0.15, -0.1) is 0 Å². The number of hydrogen-bond donors (Lipinski definition) is 2. The predicted molar refractivity (Wildman–Crippen MR) is 89.1 cm³/mol. The van der Waals surface area contributed by atoms with Crippen molar-refractivity contribution in [2.24, 2.45) is 0 Å². The molecule has 0 saturated carbocycles. The van der Waals surface area contributed by atoms with Gasteiger partial charge in [-0.2, -0.15) is 8.78 Å². The Balaban J connectivity index is 1.86. The smallest absolute Gasteiger partial charge is 0.387 e. The van der Waals surface area contributed by atoms with Gasteiger partial charge in [0, 0.05) is 27.2 Å². The van der Waals surface area contributed by atoms with Crippen LogP contribution in [0.4, 0.5) is 14.5 Å². The molecule has 0 fully saturated rings. The highest BCUT2D eigenvalue weighted by molar-refractivity contribution is 6.31. The summed E-state index contributed by atoms with van der Waals surface area (Å²) in [4.78, 5) is 15.4. The summed E-state index contributed by atoms with van der Waals surface area (Å²) < 4.78 is 29.2. The number of H-pyrrole nitrogens is 1. The first-order valence-electron chi connectivity index (χ1n) is 7.08. The summed E-state index contributed by atoms with van der Waals surface area (Å²) in [5.74, 6) is -0.370. The quantitative estimate of drug-likeness (QED) is 0.697. The molecule has 4 nitrogen and oxygen atoms in total. The zero-order valence-electron chi connectivity index (χ0n) is 12.6. The van der Waals surface area contributed by atoms with Gasteiger partial charge in [-0.1, -0.05) is 23.7 Å². The van der Waals surface area contributed by atoms with E-state index in [0.717, 1.165) is 10.9 Å². The van der Waals surface area contributed by atoms with Crippen LogP contribution in [0, 0.1) is 6.92 Å². The van der Waals surface area contributed by atoms with E-state index < -0.39 is 6.61 Å². The molecule has 3 rings (SSSR count). The molecule has 0 aliphatic carbocycles. The van der Waals surface area contributed by atoms with E-state index in [2.05, 4.69) is 15.0 Å². The van der Waals surface area contributed by atoms with E-state index >= 15 is 0 Å². The van der Waals surface area contributed by atoms with Crippen LogP contribution >= 0.6 is 11.6 Å². The Morgan fingerprint density at radius 1 is 1.25 bits per heavy atom. The lowest BCUT2D eigenvalue weighted by Gasteiger charge is -2.12. The molecule has 0 radical (unpaired) electrons. The van der Waals surface area contributed by atoms with Crippen molar-refractivity contribution in [2.75, 3.05) is 5.32 Å². The molecule has 24 heavy (non-hydrogen) atoms. The summed E-state index contributed by atoms with van der Waals surface area (Å²) in [7, 11) is 0. The van der Waals surface area contributed by atoms with Gasteiger partial charge in [0.25, 0.3) is 5.91 Å². The van der Waals surface area contributed by atoms with Crippen LogP contribution in [0.3, 0.4) is 0 Å². The molecule has 124 valence electrons. The average Bonchev–Trinajstić information content (AvgIpc) is 2.94. The van der Waals surface area contributed by atoms with Gasteiger partial charge in [0.15, 0.2) is 0 Å². The first-order chi connectivity index (χ1) is 11.4. The van der Waals surface area contributed by atoms with Crippen molar-refractivity contribution in [1.82, 2.24) is 4.98 Å². The molecule has 1 amide bonds. The third-order valence-corrected chi connectivity index (χ3v) is 3.81. The van der Waals surface area contributed by atoms with Crippen LogP contribution in [0.5, 0.6) is 5.75 Å². The molecule has 0 spiro atoms. The van der Waals surface area contributed by atoms with E-state index in [1.807, 2.05) is 0 Å². The molecule has 7 heteroatoms. The van der Waals surface area contributed by atoms with Crippen LogP contribution in [-0.4, -0.2) is 17.5 Å². The van der Waals surface area contributed by atoms with Crippen LogP contribution in [0.15, 0.2) is 42.5 Å². The number of ether oxygens (including phenoxy) is 1. The van der Waals surface area contributed by atoms with E-state index in [0.29, 0.717) is 22.0 Å². The van der Waals surface area contributed by atoms with Crippen LogP contribution < -0.4 is 10.1 Å². The SMILES string of the molecule is Cc1c(NC(=O)c2cc3ccc(Cl)cc3[nH]2)cccc1OC(F)F. The summed E-state index contributed by atoms with van der Waals surface area (Å²) in [6.45, 7) is -1.33. The molecular weight excluding hydrogens is 338 g/mol. The van der Waals surface area contributed by atoms with Crippen LogP contribution in [0.25, 0.3) is 10.9 Å². The molecule has 0 aliphatic rings. The number of benzene rings is 2. The molecule has 0 aliphatic heterocycles. The normalized spacial score (nSPS) is 11.0. The molecule has 0 unspecified atom stereocenters. The Labute approximate surface area is 141 Å². The average molecular weight is 351 g/mol. The van der Waals surface area contributed by atoms with Gasteiger partial charge in [0.05, 0.1) is 0 Å². The lowest BCUT2D eigenvalue weighted by atomic mass is 10.1. The maximum atomic E-state index is 12.4. The summed E-state index contributed by atoms with van der Waals surface area (Å²) in [5, 5.41) is 4.09. The second-order valence-corrected chi connectivity index (χ2v) is 5.61. The minimum absolute atomic E-state index is 0.0197. The fraction of sp³-hybridized carbons (Fsp3) is 0.118. The topological polar surface area (TPSA) is 54.1 Å². The molecule has 0 saturated heterocycles. The molecule has 1 aromatic heterocycles. The Kier molecular flexibility index (Phi) is 4.40. The van der Waals surface area contributed by atoms with Crippen LogP contribution in [-0.2, 0) is 0 Å². The van der Waals surface area contributed by atoms with Gasteiger partial charge in [0.1, 0.15) is 11.4 Å². The molecule has 3 aromatic rings. The van der Waals surface area contributed by atoms with Gasteiger partial charge >= 0.3 is 6.61 Å². The third-order valence-electron chi connectivity index (χ3n) is 3.58. The second kappa shape index (κ2) is 6.49. The number of aromatic nitrogens is 1. The zero-order chi connectivity index (χ0) is 17.3. The monoisotopic (exact) mass is 350 g/mol. The first kappa shape index (κ1) is 16.3. The van der Waals surface area contributed by atoms with Crippen molar-refractivity contribution in [2.45, 2.75) is 13.5 Å². The van der Waals surface area contributed by atoms with E-state index in [9.17, 15) is 13.6 Å². The maximum absolute atomic E-state index is 12.4. The number of hydrogen-bond acceptors (Lipinski definition) is 2. The highest BCUT2D eigenvalue weighted by Crippen LogP contribution is 2.27. The Bertz CT molecular complexity index is 909. The maximum Gasteiger partial charge on any atom is 0.387 e. The van der Waals surface area contributed by atoms with Gasteiger partial charge in [-0.3, -0.25) is 4.79 Å². The second-order valence-electron chi connectivity index (χ2n) is 5.18. The van der Waals surface area contributed by atoms with Gasteiger partial charge in [-0.25, -0.2) is 0 Å². The fourth-order valence-electron chi connectivity index (χ4n) is 2.38. The zero-order valence-corrected chi connectivity index (χ0v) is 13.3. The number of halogens is 3. The van der Waals surface area contributed by atoms with E-state index in [4.69, 9.17) is 11.6 Å². The summed E-state index contributed by atoms with van der Waals surface area (Å²) >= 11 is 5.92. The number of aromatic amines is 1. The lowest BCUT2D eigenvalue weighted by molar-refractivity contribution is -0.0502. The van der Waals surface area contributed by atoms with Crippen molar-refractivity contribution >= 4 is 34.1 Å². The molecular formula is C17H13ClF2N2O2. The molecule has 1 heterocycles. The summed E-state index contributed by atoms with van der Waals surface area (Å²) in [5.41, 5.74) is 1.89. The fourth-order valence-corrected chi connectivity index (χ4v) is 2.56. The Morgan fingerprint density at radius 2 is 2.04 bits per heavy atom. The minimum atomic E-state index is -2.92. The van der Waals surface area contributed by atoms with Crippen LogP contribution in [0.1, 0.15) is 16.1 Å². The number of anilines is 1. The van der Waals surface area contributed by atoms with Crippen molar-refractivity contribution in [3.05, 3.63) is 58.7 Å². The first-order valence-corrected chi connectivity index (χ1v) is 7.46. The van der Waals surface area contributed by atoms with Gasteiger partial charge in [-0.05, 0) is 37.3 Å². The Hall–Kier alpha value is -2.60.